The predicted octanol–water partition coefficient (Wildman–Crippen LogP) is 3.49. The van der Waals surface area contributed by atoms with Crippen molar-refractivity contribution in [1.29, 1.82) is 0 Å². The molecule has 0 unspecified atom stereocenters. The smallest absolute Gasteiger partial charge is 0.255 e. The molecule has 0 bridgehead atoms. The fourth-order valence-electron chi connectivity index (χ4n) is 3.57. The van der Waals surface area contributed by atoms with E-state index >= 15 is 0 Å². The first kappa shape index (κ1) is 16.9. The molecule has 1 aromatic carbocycles. The van der Waals surface area contributed by atoms with Gasteiger partial charge in [0.25, 0.3) is 5.91 Å². The number of hydrogen-bond acceptors (Lipinski definition) is 3. The van der Waals surface area contributed by atoms with Crippen LogP contribution >= 0.6 is 0 Å². The van der Waals surface area contributed by atoms with Gasteiger partial charge in [0.2, 0.25) is 0 Å². The van der Waals surface area contributed by atoms with Crippen molar-refractivity contribution < 1.29 is 4.79 Å². The Morgan fingerprint density at radius 3 is 2.58 bits per heavy atom. The fraction of sp³-hybridized carbons (Fsp3) is 0.500. The molecule has 0 aliphatic carbocycles. The minimum atomic E-state index is 0.0914. The number of benzene rings is 1. The molecule has 1 fully saturated rings. The number of carbonyl (C=O) groups excluding carboxylic acids is 1. The number of likely N-dealkylation sites (tertiary alicyclic amines) is 1. The summed E-state index contributed by atoms with van der Waals surface area (Å²) in [7, 11) is 1.94. The van der Waals surface area contributed by atoms with Gasteiger partial charge in [-0.25, -0.2) is 0 Å². The molecular formula is C20H27N3O. The molecule has 4 nitrogen and oxygen atoms in total. The maximum atomic E-state index is 13.0. The first-order valence-electron chi connectivity index (χ1n) is 8.85. The average molecular weight is 325 g/mol. The molecule has 3 rings (SSSR count). The molecule has 0 N–H and O–H groups in total. The van der Waals surface area contributed by atoms with Gasteiger partial charge >= 0.3 is 0 Å². The number of pyridine rings is 1. The quantitative estimate of drug-likeness (QED) is 0.867. The van der Waals surface area contributed by atoms with E-state index in [0.29, 0.717) is 12.1 Å². The van der Waals surface area contributed by atoms with Crippen LogP contribution in [0.25, 0.3) is 10.9 Å². The lowest BCUT2D eigenvalue weighted by Crippen LogP contribution is -2.47. The van der Waals surface area contributed by atoms with Crippen molar-refractivity contribution in [3.63, 3.8) is 0 Å². The highest BCUT2D eigenvalue weighted by molar-refractivity contribution is 5.98. The molecule has 0 spiro atoms. The summed E-state index contributed by atoms with van der Waals surface area (Å²) in [5.74, 6) is 0.0914. The zero-order valence-electron chi connectivity index (χ0n) is 15.1. The normalized spacial score (nSPS) is 16.7. The number of piperidine rings is 1. The van der Waals surface area contributed by atoms with Crippen LogP contribution in [0.1, 0.15) is 42.7 Å². The second-order valence-corrected chi connectivity index (χ2v) is 7.09. The standard InChI is InChI=1S/C20H27N3O/c1-14(2)23-11-9-17(10-12-23)22(4)20(24)18-13-16-7-5-6-8-19(16)21-15(18)3/h5-8,13-14,17H,9-12H2,1-4H3. The Hall–Kier alpha value is -1.94. The minimum absolute atomic E-state index is 0.0914. The van der Waals surface area contributed by atoms with Gasteiger partial charge in [0, 0.05) is 37.6 Å². The van der Waals surface area contributed by atoms with Crippen molar-refractivity contribution >= 4 is 16.8 Å². The first-order chi connectivity index (χ1) is 11.5. The zero-order valence-corrected chi connectivity index (χ0v) is 15.1. The predicted molar refractivity (Wildman–Crippen MR) is 98.3 cm³/mol. The Balaban J connectivity index is 1.78. The van der Waals surface area contributed by atoms with Crippen LogP contribution in [0.4, 0.5) is 0 Å². The van der Waals surface area contributed by atoms with Crippen LogP contribution in [0.5, 0.6) is 0 Å². The van der Waals surface area contributed by atoms with Gasteiger partial charge in [0.15, 0.2) is 0 Å². The molecule has 1 aliphatic rings. The Bertz CT molecular complexity index is 733. The highest BCUT2D eigenvalue weighted by atomic mass is 16.2. The zero-order chi connectivity index (χ0) is 17.3. The summed E-state index contributed by atoms with van der Waals surface area (Å²) in [6, 6.07) is 10.8. The van der Waals surface area contributed by atoms with Crippen molar-refractivity contribution in [2.45, 2.75) is 45.7 Å². The third kappa shape index (κ3) is 3.29. The monoisotopic (exact) mass is 325 g/mol. The topological polar surface area (TPSA) is 36.4 Å². The Kier molecular flexibility index (Phi) is 4.86. The maximum absolute atomic E-state index is 13.0. The minimum Gasteiger partial charge on any atom is -0.339 e. The van der Waals surface area contributed by atoms with Crippen LogP contribution < -0.4 is 0 Å². The highest BCUT2D eigenvalue weighted by Crippen LogP contribution is 2.22. The molecule has 1 saturated heterocycles. The fourth-order valence-corrected chi connectivity index (χ4v) is 3.57. The summed E-state index contributed by atoms with van der Waals surface area (Å²) >= 11 is 0. The van der Waals surface area contributed by atoms with E-state index in [1.165, 1.54) is 0 Å². The number of rotatable bonds is 3. The number of amides is 1. The van der Waals surface area contributed by atoms with Crippen LogP contribution in [0.15, 0.2) is 30.3 Å². The lowest BCUT2D eigenvalue weighted by atomic mass is 10.0. The number of hydrogen-bond donors (Lipinski definition) is 0. The number of aromatic nitrogens is 1. The van der Waals surface area contributed by atoms with E-state index in [-0.39, 0.29) is 5.91 Å². The molecule has 1 aromatic heterocycles. The number of aryl methyl sites for hydroxylation is 1. The van der Waals surface area contributed by atoms with Crippen LogP contribution in [0.3, 0.4) is 0 Å². The van der Waals surface area contributed by atoms with Crippen molar-refractivity contribution in [2.75, 3.05) is 20.1 Å². The van der Waals surface area contributed by atoms with Crippen molar-refractivity contribution in [3.05, 3.63) is 41.6 Å². The molecule has 2 heterocycles. The SMILES string of the molecule is Cc1nc2ccccc2cc1C(=O)N(C)C1CCN(C(C)C)CC1. The lowest BCUT2D eigenvalue weighted by Gasteiger charge is -2.38. The van der Waals surface area contributed by atoms with E-state index < -0.39 is 0 Å². The van der Waals surface area contributed by atoms with Gasteiger partial charge in [0.05, 0.1) is 16.8 Å². The molecule has 0 atom stereocenters. The maximum Gasteiger partial charge on any atom is 0.255 e. The molecule has 128 valence electrons. The van der Waals surface area contributed by atoms with E-state index in [2.05, 4.69) is 23.7 Å². The Morgan fingerprint density at radius 1 is 1.25 bits per heavy atom. The summed E-state index contributed by atoms with van der Waals surface area (Å²) < 4.78 is 0. The van der Waals surface area contributed by atoms with Crippen LogP contribution in [-0.2, 0) is 0 Å². The average Bonchev–Trinajstić information content (AvgIpc) is 2.60. The van der Waals surface area contributed by atoms with E-state index in [4.69, 9.17) is 0 Å². The summed E-state index contributed by atoms with van der Waals surface area (Å²) in [5, 5.41) is 1.02. The molecule has 0 radical (unpaired) electrons. The largest absolute Gasteiger partial charge is 0.339 e. The first-order valence-corrected chi connectivity index (χ1v) is 8.85. The molecule has 2 aromatic rings. The van der Waals surface area contributed by atoms with E-state index in [0.717, 1.165) is 48.1 Å². The van der Waals surface area contributed by atoms with Gasteiger partial charge in [-0.15, -0.1) is 0 Å². The molecular weight excluding hydrogens is 298 g/mol. The van der Waals surface area contributed by atoms with Gasteiger partial charge in [-0.2, -0.15) is 0 Å². The van der Waals surface area contributed by atoms with Crippen LogP contribution in [-0.4, -0.2) is 52.9 Å². The van der Waals surface area contributed by atoms with Crippen molar-refractivity contribution in [2.24, 2.45) is 0 Å². The summed E-state index contributed by atoms with van der Waals surface area (Å²) in [4.78, 5) is 22.0. The van der Waals surface area contributed by atoms with Gasteiger partial charge in [-0.3, -0.25) is 9.78 Å². The molecule has 1 amide bonds. The Labute approximate surface area is 144 Å². The Morgan fingerprint density at radius 2 is 1.92 bits per heavy atom. The van der Waals surface area contributed by atoms with Gasteiger partial charge in [-0.05, 0) is 45.7 Å². The second kappa shape index (κ2) is 6.89. The molecule has 0 saturated carbocycles. The summed E-state index contributed by atoms with van der Waals surface area (Å²) in [5.41, 5.74) is 2.48. The molecule has 24 heavy (non-hydrogen) atoms. The third-order valence-corrected chi connectivity index (χ3v) is 5.24. The second-order valence-electron chi connectivity index (χ2n) is 7.09. The number of nitrogens with zero attached hydrogens (tertiary/aromatic N) is 3. The van der Waals surface area contributed by atoms with E-state index in [1.54, 1.807) is 0 Å². The lowest BCUT2D eigenvalue weighted by molar-refractivity contribution is 0.0614. The van der Waals surface area contributed by atoms with Gasteiger partial charge < -0.3 is 9.80 Å². The van der Waals surface area contributed by atoms with Crippen LogP contribution in [0, 0.1) is 6.92 Å². The number of carbonyl (C=O) groups is 1. The summed E-state index contributed by atoms with van der Waals surface area (Å²) in [6.45, 7) is 8.53. The number of para-hydroxylation sites is 1. The van der Waals surface area contributed by atoms with Gasteiger partial charge in [0.1, 0.15) is 0 Å². The van der Waals surface area contributed by atoms with E-state index in [1.807, 2.05) is 49.2 Å². The van der Waals surface area contributed by atoms with Crippen molar-refractivity contribution in [3.8, 4) is 0 Å². The molecule has 1 aliphatic heterocycles. The molecule has 4 heteroatoms. The van der Waals surface area contributed by atoms with E-state index in [9.17, 15) is 4.79 Å². The third-order valence-electron chi connectivity index (χ3n) is 5.24. The number of fused-ring (bicyclic) bond motifs is 1. The van der Waals surface area contributed by atoms with Crippen LogP contribution in [0.2, 0.25) is 0 Å². The highest BCUT2D eigenvalue weighted by Gasteiger charge is 2.27. The summed E-state index contributed by atoms with van der Waals surface area (Å²) in [6.07, 6.45) is 2.08. The van der Waals surface area contributed by atoms with Gasteiger partial charge in [-0.1, -0.05) is 18.2 Å². The van der Waals surface area contributed by atoms with Crippen molar-refractivity contribution in [1.82, 2.24) is 14.8 Å².